The summed E-state index contributed by atoms with van der Waals surface area (Å²) in [6.07, 6.45) is 0. The van der Waals surface area contributed by atoms with E-state index in [1.165, 1.54) is 0 Å². The quantitative estimate of drug-likeness (QED) is 0.589. The van der Waals surface area contributed by atoms with Crippen LogP contribution in [0.2, 0.25) is 0 Å². The first-order valence-electron chi connectivity index (χ1n) is 4.25. The Kier molecular flexibility index (Phi) is 9.60. The van der Waals surface area contributed by atoms with E-state index in [1.54, 1.807) is 7.41 Å². The molecule has 83 valence electrons. The maximum Gasteiger partial charge on any atom is 0.302 e. The Morgan fingerprint density at radius 3 is 2.40 bits per heavy atom. The first kappa shape index (κ1) is 15.9. The highest BCUT2D eigenvalue weighted by Gasteiger charge is 1.99. The van der Waals surface area contributed by atoms with Crippen LogP contribution in [0.5, 0.6) is 0 Å². The van der Waals surface area contributed by atoms with Crippen molar-refractivity contribution >= 4 is 18.9 Å². The van der Waals surface area contributed by atoms with Gasteiger partial charge in [-0.05, 0) is 6.92 Å². The van der Waals surface area contributed by atoms with Crippen LogP contribution in [0.25, 0.3) is 0 Å². The third-order valence-electron chi connectivity index (χ3n) is 1.51. The van der Waals surface area contributed by atoms with Crippen molar-refractivity contribution in [3.63, 3.8) is 0 Å². The van der Waals surface area contributed by atoms with E-state index in [2.05, 4.69) is 10.5 Å². The van der Waals surface area contributed by atoms with Gasteiger partial charge in [-0.1, -0.05) is 35.8 Å². The summed E-state index contributed by atoms with van der Waals surface area (Å²) < 4.78 is 0. The van der Waals surface area contributed by atoms with E-state index in [0.29, 0.717) is 6.54 Å². The second-order valence-electron chi connectivity index (χ2n) is 2.56. The van der Waals surface area contributed by atoms with Gasteiger partial charge in [0.2, 0.25) is 0 Å². The van der Waals surface area contributed by atoms with E-state index < -0.39 is 0 Å². The van der Waals surface area contributed by atoms with E-state index in [0.717, 1.165) is 5.46 Å². The molecule has 0 bridgehead atoms. The Bertz CT molecular complexity index is 269. The van der Waals surface area contributed by atoms with Crippen molar-refractivity contribution in [3.05, 3.63) is 30.3 Å². The van der Waals surface area contributed by atoms with Crippen molar-refractivity contribution in [2.24, 2.45) is 0 Å². The van der Waals surface area contributed by atoms with Crippen molar-refractivity contribution in [1.29, 1.82) is 0 Å². The molecule has 1 aromatic carbocycles. The van der Waals surface area contributed by atoms with E-state index in [-0.39, 0.29) is 17.0 Å². The maximum absolute atomic E-state index is 11.0. The zero-order valence-electron chi connectivity index (χ0n) is 8.58. The normalized spacial score (nSPS) is 7.80. The molecule has 5 nitrogen and oxygen atoms in total. The van der Waals surface area contributed by atoms with Gasteiger partial charge >= 0.3 is 6.03 Å². The fourth-order valence-corrected chi connectivity index (χ4v) is 0.910. The first-order valence-corrected chi connectivity index (χ1v) is 4.25. The second kappa shape index (κ2) is 9.05. The molecule has 0 aliphatic rings. The highest BCUT2D eigenvalue weighted by molar-refractivity contribution is 6.53. The van der Waals surface area contributed by atoms with Gasteiger partial charge in [0.1, 0.15) is 0 Å². The number of amides is 2. The van der Waals surface area contributed by atoms with Crippen LogP contribution < -0.4 is 16.0 Å². The highest BCUT2D eigenvalue weighted by Crippen LogP contribution is 1.79. The number of rotatable bonds is 3. The molecule has 6 N–H and O–H groups in total. The lowest BCUT2D eigenvalue weighted by atomic mass is 9.83. The minimum atomic E-state index is -0.175. The smallest absolute Gasteiger partial charge is 0.302 e. The minimum absolute atomic E-state index is 0. The van der Waals surface area contributed by atoms with Crippen LogP contribution in [0.4, 0.5) is 4.79 Å². The van der Waals surface area contributed by atoms with Gasteiger partial charge in [-0.2, -0.15) is 0 Å². The summed E-state index contributed by atoms with van der Waals surface area (Å²) in [6.45, 7) is 2.51. The Hall–Kier alpha value is -1.53. The van der Waals surface area contributed by atoms with E-state index in [4.69, 9.17) is 0 Å². The standard InChI is InChI=1S/C9H12BN2O.2H2O/c1-2-11-9(13)12-10-8-6-4-3-5-7-8;;/h3-7H,2H2,1H3,(H2,11,12,13);2*1H2. The third kappa shape index (κ3) is 6.53. The molecule has 0 fully saturated rings. The largest absolute Gasteiger partial charge is 0.412 e. The fourth-order valence-electron chi connectivity index (χ4n) is 0.910. The van der Waals surface area contributed by atoms with Crippen molar-refractivity contribution in [2.75, 3.05) is 6.54 Å². The van der Waals surface area contributed by atoms with Crippen LogP contribution in [0.1, 0.15) is 6.92 Å². The van der Waals surface area contributed by atoms with Crippen molar-refractivity contribution in [3.8, 4) is 0 Å². The van der Waals surface area contributed by atoms with Crippen LogP contribution >= 0.6 is 0 Å². The summed E-state index contributed by atoms with van der Waals surface area (Å²) in [6, 6.07) is 9.45. The topological polar surface area (TPSA) is 104 Å². The molecule has 15 heavy (non-hydrogen) atoms. The summed E-state index contributed by atoms with van der Waals surface area (Å²) in [4.78, 5) is 11.0. The number of carbonyl (C=O) groups excluding carboxylic acids is 1. The second-order valence-corrected chi connectivity index (χ2v) is 2.56. The molecule has 1 aromatic rings. The third-order valence-corrected chi connectivity index (χ3v) is 1.51. The minimum Gasteiger partial charge on any atom is -0.412 e. The van der Waals surface area contributed by atoms with Gasteiger partial charge in [-0.15, -0.1) is 0 Å². The summed E-state index contributed by atoms with van der Waals surface area (Å²) in [5, 5.41) is 5.26. The first-order chi connectivity index (χ1) is 6.33. The summed E-state index contributed by atoms with van der Waals surface area (Å²) in [5.41, 5.74) is 0.980. The van der Waals surface area contributed by atoms with Crippen molar-refractivity contribution in [1.82, 2.24) is 10.5 Å². The molecule has 0 saturated heterocycles. The van der Waals surface area contributed by atoms with Crippen LogP contribution in [-0.2, 0) is 0 Å². The van der Waals surface area contributed by atoms with Crippen LogP contribution in [0.15, 0.2) is 30.3 Å². The van der Waals surface area contributed by atoms with E-state index in [1.807, 2.05) is 37.3 Å². The highest BCUT2D eigenvalue weighted by atomic mass is 16.2. The zero-order valence-corrected chi connectivity index (χ0v) is 8.58. The van der Waals surface area contributed by atoms with Gasteiger partial charge < -0.3 is 21.5 Å². The summed E-state index contributed by atoms with van der Waals surface area (Å²) in [5.74, 6) is 0. The summed E-state index contributed by atoms with van der Waals surface area (Å²) >= 11 is 0. The Morgan fingerprint density at radius 1 is 1.27 bits per heavy atom. The molecule has 0 saturated carbocycles. The van der Waals surface area contributed by atoms with Gasteiger partial charge in [-0.3, -0.25) is 4.79 Å². The van der Waals surface area contributed by atoms with Gasteiger partial charge in [0.05, 0.1) is 0 Å². The molecule has 0 aliphatic carbocycles. The molecule has 0 aliphatic heterocycles. The fraction of sp³-hybridized carbons (Fsp3) is 0.222. The number of benzene rings is 1. The lowest BCUT2D eigenvalue weighted by molar-refractivity contribution is 0.246. The van der Waals surface area contributed by atoms with Crippen molar-refractivity contribution in [2.45, 2.75) is 6.92 Å². The Morgan fingerprint density at radius 2 is 1.87 bits per heavy atom. The lowest BCUT2D eigenvalue weighted by Crippen LogP contribution is -2.41. The van der Waals surface area contributed by atoms with Crippen LogP contribution in [0.3, 0.4) is 0 Å². The molecule has 0 spiro atoms. The number of hydrogen-bond donors (Lipinski definition) is 2. The molecule has 1 rings (SSSR count). The molecule has 6 heteroatoms. The monoisotopic (exact) mass is 211 g/mol. The van der Waals surface area contributed by atoms with E-state index >= 15 is 0 Å². The maximum atomic E-state index is 11.0. The Labute approximate surface area is 89.8 Å². The van der Waals surface area contributed by atoms with Crippen molar-refractivity contribution < 1.29 is 15.7 Å². The summed E-state index contributed by atoms with van der Waals surface area (Å²) in [7, 11) is 1.67. The number of hydrogen-bond acceptors (Lipinski definition) is 1. The van der Waals surface area contributed by atoms with Crippen LogP contribution in [-0.4, -0.2) is 30.9 Å². The predicted molar refractivity (Wildman–Crippen MR) is 61.3 cm³/mol. The van der Waals surface area contributed by atoms with E-state index in [9.17, 15) is 4.79 Å². The number of urea groups is 1. The molecule has 1 radical (unpaired) electrons. The SMILES string of the molecule is CCNC(=O)N[B]c1ccccc1.O.O. The lowest BCUT2D eigenvalue weighted by Gasteiger charge is -2.03. The average molecular weight is 211 g/mol. The predicted octanol–water partition coefficient (Wildman–Crippen LogP) is -1.40. The molecule has 0 atom stereocenters. The molecule has 2 amide bonds. The molecular weight excluding hydrogens is 195 g/mol. The molecule has 0 aromatic heterocycles. The van der Waals surface area contributed by atoms with Gasteiger partial charge in [0.15, 0.2) is 0 Å². The van der Waals surface area contributed by atoms with Gasteiger partial charge in [0, 0.05) is 6.54 Å². The molecular formula is C9H16BN2O3. The number of carbonyl (C=O) groups is 1. The van der Waals surface area contributed by atoms with Gasteiger partial charge in [0.25, 0.3) is 7.41 Å². The number of nitrogens with one attached hydrogen (secondary N) is 2. The molecule has 0 unspecified atom stereocenters. The molecule has 0 heterocycles. The zero-order chi connectivity index (χ0) is 9.52. The van der Waals surface area contributed by atoms with Crippen LogP contribution in [0, 0.1) is 0 Å². The van der Waals surface area contributed by atoms with Gasteiger partial charge in [-0.25, -0.2) is 0 Å². The Balaban J connectivity index is 0. The average Bonchev–Trinajstić information content (AvgIpc) is 2.17.